The van der Waals surface area contributed by atoms with Crippen LogP contribution in [0.5, 0.6) is 0 Å². The van der Waals surface area contributed by atoms with Gasteiger partial charge in [0.25, 0.3) is 0 Å². The number of hydrogen-bond acceptors (Lipinski definition) is 2. The molecule has 2 nitrogen and oxygen atoms in total. The van der Waals surface area contributed by atoms with E-state index >= 15 is 0 Å². The van der Waals surface area contributed by atoms with Gasteiger partial charge in [0.05, 0.1) is 18.5 Å². The third-order valence-corrected chi connectivity index (χ3v) is 1.37. The molecule has 44 valence electrons. The first-order valence-corrected chi connectivity index (χ1v) is 2.91. The van der Waals surface area contributed by atoms with E-state index in [1.54, 1.807) is 6.21 Å². The van der Waals surface area contributed by atoms with E-state index < -0.39 is 0 Å². The molecule has 2 aliphatic rings. The summed E-state index contributed by atoms with van der Waals surface area (Å²) in [5.74, 6) is 0. The van der Waals surface area contributed by atoms with Gasteiger partial charge in [-0.15, -0.1) is 0 Å². The Morgan fingerprint density at radius 1 is 1.56 bits per heavy atom. The summed E-state index contributed by atoms with van der Waals surface area (Å²) in [6.07, 6.45) is 7.70. The fourth-order valence-corrected chi connectivity index (χ4v) is 0.920. The van der Waals surface area contributed by atoms with Gasteiger partial charge in [-0.3, -0.25) is 9.98 Å². The summed E-state index contributed by atoms with van der Waals surface area (Å²) < 4.78 is 0. The zero-order valence-electron chi connectivity index (χ0n) is 5.91. The van der Waals surface area contributed by atoms with E-state index in [2.05, 4.69) is 16.1 Å². The van der Waals surface area contributed by atoms with Crippen LogP contribution in [0.1, 0.15) is 1.43 Å². The van der Waals surface area contributed by atoms with Crippen molar-refractivity contribution < 1.29 is 1.43 Å². The highest BCUT2D eigenvalue weighted by atomic mass is 14.8. The van der Waals surface area contributed by atoms with Crippen LogP contribution in [-0.2, 0) is 0 Å². The topological polar surface area (TPSA) is 24.7 Å². The summed E-state index contributed by atoms with van der Waals surface area (Å²) in [6.45, 7) is 0.804. The molecule has 2 heterocycles. The highest BCUT2D eigenvalue weighted by Crippen LogP contribution is 2.09. The van der Waals surface area contributed by atoms with Crippen LogP contribution >= 0.6 is 0 Å². The SMILES string of the molecule is C1=CC2=CN=CC2=NC1.[H+]. The molecule has 2 heteroatoms. The molecule has 0 atom stereocenters. The zero-order valence-corrected chi connectivity index (χ0v) is 4.91. The van der Waals surface area contributed by atoms with E-state index in [1.807, 2.05) is 12.3 Å². The number of fused-ring (bicyclic) bond motifs is 1. The first-order valence-electron chi connectivity index (χ1n) is 2.91. The van der Waals surface area contributed by atoms with E-state index in [4.69, 9.17) is 0 Å². The van der Waals surface area contributed by atoms with E-state index in [1.165, 1.54) is 0 Å². The van der Waals surface area contributed by atoms with Gasteiger partial charge in [-0.05, 0) is 0 Å². The van der Waals surface area contributed by atoms with E-state index in [0.717, 1.165) is 17.8 Å². The molecule has 0 aromatic heterocycles. The molecule has 0 aromatic rings. The average Bonchev–Trinajstić information content (AvgIpc) is 2.33. The number of allylic oxidation sites excluding steroid dienone is 2. The van der Waals surface area contributed by atoms with Crippen molar-refractivity contribution in [2.75, 3.05) is 6.54 Å². The molecular weight excluding hydrogens is 112 g/mol. The van der Waals surface area contributed by atoms with Gasteiger partial charge in [-0.1, -0.05) is 12.2 Å². The van der Waals surface area contributed by atoms with Crippen molar-refractivity contribution in [2.45, 2.75) is 0 Å². The second-order valence-corrected chi connectivity index (χ2v) is 1.99. The zero-order chi connectivity index (χ0) is 6.10. The number of dihydropyridines is 1. The molecule has 0 aromatic carbocycles. The van der Waals surface area contributed by atoms with Gasteiger partial charge in [0.15, 0.2) is 0 Å². The molecule has 0 amide bonds. The summed E-state index contributed by atoms with van der Waals surface area (Å²) >= 11 is 0. The lowest BCUT2D eigenvalue weighted by molar-refractivity contribution is 1.23. The molecule has 9 heavy (non-hydrogen) atoms. The molecule has 0 radical (unpaired) electrons. The quantitative estimate of drug-likeness (QED) is 0.456. The van der Waals surface area contributed by atoms with Crippen molar-refractivity contribution in [3.63, 3.8) is 0 Å². The van der Waals surface area contributed by atoms with Crippen LogP contribution in [0.2, 0.25) is 0 Å². The second kappa shape index (κ2) is 1.65. The smallest absolute Gasteiger partial charge is 0.279 e. The van der Waals surface area contributed by atoms with Crippen molar-refractivity contribution in [2.24, 2.45) is 9.98 Å². The van der Waals surface area contributed by atoms with Crippen molar-refractivity contribution in [3.05, 3.63) is 23.9 Å². The lowest BCUT2D eigenvalue weighted by atomic mass is 10.1. The maximum absolute atomic E-state index is 4.20. The average molecular weight is 119 g/mol. The standard InChI is InChI=1S/C7H6N2/c1-2-6-4-8-5-7(6)9-3-1/h1-2,4-5H,3H2/p+1. The Balaban J connectivity index is 0.000000500. The highest BCUT2D eigenvalue weighted by Gasteiger charge is 2.07. The molecule has 0 unspecified atom stereocenters. The summed E-state index contributed by atoms with van der Waals surface area (Å²) in [7, 11) is 0. The van der Waals surface area contributed by atoms with Crippen LogP contribution in [0, 0.1) is 0 Å². The van der Waals surface area contributed by atoms with Crippen molar-refractivity contribution >= 4 is 11.9 Å². The molecule has 0 fully saturated rings. The number of hydrogen-bond donors (Lipinski definition) is 0. The Bertz CT molecular complexity index is 248. The first kappa shape index (κ1) is 4.68. The van der Waals surface area contributed by atoms with Crippen molar-refractivity contribution in [1.82, 2.24) is 0 Å². The molecule has 0 bridgehead atoms. The van der Waals surface area contributed by atoms with Crippen LogP contribution in [0.3, 0.4) is 0 Å². The molecule has 0 N–H and O–H groups in total. The van der Waals surface area contributed by atoms with Gasteiger partial charge in [0, 0.05) is 11.8 Å². The van der Waals surface area contributed by atoms with Gasteiger partial charge >= 0.3 is 1.43 Å². The van der Waals surface area contributed by atoms with Crippen molar-refractivity contribution in [1.29, 1.82) is 0 Å². The Morgan fingerprint density at radius 3 is 3.44 bits per heavy atom. The minimum atomic E-state index is 0. The summed E-state index contributed by atoms with van der Waals surface area (Å²) in [4.78, 5) is 8.16. The lowest BCUT2D eigenvalue weighted by Gasteiger charge is -1.99. The summed E-state index contributed by atoms with van der Waals surface area (Å²) in [5, 5.41) is 0. The predicted octanol–water partition coefficient (Wildman–Crippen LogP) is 1.08. The summed E-state index contributed by atoms with van der Waals surface area (Å²) in [5.41, 5.74) is 2.17. The molecule has 0 spiro atoms. The first-order chi connectivity index (χ1) is 4.47. The molecular formula is C7H7N2+. The van der Waals surface area contributed by atoms with E-state index in [0.29, 0.717) is 0 Å². The highest BCUT2D eigenvalue weighted by molar-refractivity contribution is 6.41. The maximum Gasteiger partial charge on any atom is 1.00 e. The second-order valence-electron chi connectivity index (χ2n) is 1.99. The molecule has 2 aliphatic heterocycles. The monoisotopic (exact) mass is 119 g/mol. The molecule has 0 saturated carbocycles. The Labute approximate surface area is 54.8 Å². The van der Waals surface area contributed by atoms with Crippen LogP contribution in [0.4, 0.5) is 0 Å². The predicted molar refractivity (Wildman–Crippen MR) is 39.1 cm³/mol. The van der Waals surface area contributed by atoms with Gasteiger partial charge in [0.1, 0.15) is 0 Å². The fourth-order valence-electron chi connectivity index (χ4n) is 0.920. The van der Waals surface area contributed by atoms with Gasteiger partial charge < -0.3 is 0 Å². The van der Waals surface area contributed by atoms with E-state index in [-0.39, 0.29) is 1.43 Å². The third-order valence-electron chi connectivity index (χ3n) is 1.37. The number of rotatable bonds is 0. The maximum atomic E-state index is 4.20. The summed E-state index contributed by atoms with van der Waals surface area (Å²) in [6, 6.07) is 0. The Hall–Kier alpha value is -1.18. The minimum Gasteiger partial charge on any atom is -0.279 e. The van der Waals surface area contributed by atoms with Crippen LogP contribution in [0.15, 0.2) is 33.9 Å². The third kappa shape index (κ3) is 0.633. The lowest BCUT2D eigenvalue weighted by Crippen LogP contribution is -2.02. The minimum absolute atomic E-state index is 0. The molecule has 2 rings (SSSR count). The van der Waals surface area contributed by atoms with Crippen LogP contribution in [-0.4, -0.2) is 18.5 Å². The normalized spacial score (nSPS) is 21.3. The van der Waals surface area contributed by atoms with Gasteiger partial charge in [-0.25, -0.2) is 0 Å². The number of aliphatic imine (C=N–C) groups is 2. The van der Waals surface area contributed by atoms with Crippen molar-refractivity contribution in [3.8, 4) is 0 Å². The number of nitrogens with zero attached hydrogens (tertiary/aromatic N) is 2. The largest absolute Gasteiger partial charge is 1.00 e. The fraction of sp³-hybridized carbons (Fsp3) is 0.143. The Kier molecular flexibility index (Phi) is 0.859. The van der Waals surface area contributed by atoms with E-state index in [9.17, 15) is 0 Å². The van der Waals surface area contributed by atoms with Crippen LogP contribution < -0.4 is 0 Å². The molecule has 0 saturated heterocycles. The van der Waals surface area contributed by atoms with Gasteiger partial charge in [-0.2, -0.15) is 0 Å². The van der Waals surface area contributed by atoms with Crippen LogP contribution in [0.25, 0.3) is 0 Å². The van der Waals surface area contributed by atoms with Gasteiger partial charge in [0.2, 0.25) is 0 Å². The molecule has 0 aliphatic carbocycles. The Morgan fingerprint density at radius 2 is 2.56 bits per heavy atom.